The molecule has 0 radical (unpaired) electrons. The highest BCUT2D eigenvalue weighted by Crippen LogP contribution is 2.29. The maximum absolute atomic E-state index is 13.6. The van der Waals surface area contributed by atoms with Crippen molar-refractivity contribution >= 4 is 50.3 Å². The average Bonchev–Trinajstić information content (AvgIpc) is 3.21. The van der Waals surface area contributed by atoms with Crippen LogP contribution in [0.15, 0.2) is 88.4 Å². The highest BCUT2D eigenvalue weighted by atomic mass is 79.9. The van der Waals surface area contributed by atoms with E-state index in [4.69, 9.17) is 28.2 Å². The third kappa shape index (κ3) is 3.57. The van der Waals surface area contributed by atoms with E-state index in [1.165, 1.54) is 4.57 Å². The molecule has 0 atom stereocenters. The summed E-state index contributed by atoms with van der Waals surface area (Å²) in [5, 5.41) is 0.811. The lowest BCUT2D eigenvalue weighted by atomic mass is 10.2. The number of benzene rings is 3. The molecule has 5 nitrogen and oxygen atoms in total. The summed E-state index contributed by atoms with van der Waals surface area (Å²) in [5.41, 5.74) is 2.65. The van der Waals surface area contributed by atoms with Gasteiger partial charge in [-0.05, 0) is 54.6 Å². The first kappa shape index (κ1) is 20.0. The molecule has 0 aliphatic rings. The number of rotatable bonds is 3. The zero-order chi connectivity index (χ0) is 21.5. The zero-order valence-corrected chi connectivity index (χ0v) is 18.9. The molecule has 0 spiro atoms. The van der Waals surface area contributed by atoms with Crippen molar-refractivity contribution in [3.8, 4) is 22.8 Å². The Morgan fingerprint density at radius 1 is 0.839 bits per heavy atom. The lowest BCUT2D eigenvalue weighted by Crippen LogP contribution is -2.22. The van der Waals surface area contributed by atoms with E-state index in [-0.39, 0.29) is 11.1 Å². The van der Waals surface area contributed by atoms with E-state index < -0.39 is 0 Å². The van der Waals surface area contributed by atoms with Crippen molar-refractivity contribution in [3.63, 3.8) is 0 Å². The molecule has 0 N–H and O–H groups in total. The van der Waals surface area contributed by atoms with Crippen molar-refractivity contribution in [2.45, 2.75) is 0 Å². The third-order valence-corrected chi connectivity index (χ3v) is 6.14. The number of imidazole rings is 1. The van der Waals surface area contributed by atoms with Crippen LogP contribution in [-0.4, -0.2) is 19.1 Å². The van der Waals surface area contributed by atoms with Crippen LogP contribution in [0.4, 0.5) is 0 Å². The van der Waals surface area contributed by atoms with Crippen LogP contribution in [0.5, 0.6) is 0 Å². The largest absolute Gasteiger partial charge is 0.286 e. The number of halogens is 3. The highest BCUT2D eigenvalue weighted by Gasteiger charge is 2.19. The van der Waals surface area contributed by atoms with Crippen molar-refractivity contribution in [2.24, 2.45) is 0 Å². The number of fused-ring (bicyclic) bond motifs is 1. The van der Waals surface area contributed by atoms with Crippen molar-refractivity contribution in [1.82, 2.24) is 19.1 Å². The monoisotopic (exact) mass is 510 g/mol. The second-order valence-corrected chi connectivity index (χ2v) is 8.53. The van der Waals surface area contributed by atoms with Crippen LogP contribution in [0.25, 0.3) is 33.9 Å². The van der Waals surface area contributed by atoms with E-state index in [1.54, 1.807) is 29.1 Å². The second-order valence-electron chi connectivity index (χ2n) is 6.80. The number of para-hydroxylation sites is 1. The summed E-state index contributed by atoms with van der Waals surface area (Å²) in [7, 11) is 0. The van der Waals surface area contributed by atoms with Gasteiger partial charge in [0.2, 0.25) is 0 Å². The summed E-state index contributed by atoms with van der Waals surface area (Å²) in [4.78, 5) is 22.8. The molecule has 0 saturated carbocycles. The van der Waals surface area contributed by atoms with Gasteiger partial charge in [-0.1, -0.05) is 57.3 Å². The molecule has 152 valence electrons. The molecule has 31 heavy (non-hydrogen) atoms. The maximum Gasteiger partial charge on any atom is 0.286 e. The maximum atomic E-state index is 13.6. The summed E-state index contributed by atoms with van der Waals surface area (Å²) < 4.78 is 4.24. The summed E-state index contributed by atoms with van der Waals surface area (Å²) in [5.74, 6) is 0.441. The molecule has 2 heterocycles. The quantitative estimate of drug-likeness (QED) is 0.285. The Bertz CT molecular complexity index is 1480. The summed E-state index contributed by atoms with van der Waals surface area (Å²) >= 11 is 15.8. The van der Waals surface area contributed by atoms with Gasteiger partial charge in [0.15, 0.2) is 11.2 Å². The molecule has 0 aliphatic carbocycles. The normalized spacial score (nSPS) is 11.2. The number of nitrogens with zero attached hydrogens (tertiary/aromatic N) is 4. The van der Waals surface area contributed by atoms with Gasteiger partial charge in [0.25, 0.3) is 5.56 Å². The molecule has 0 amide bonds. The van der Waals surface area contributed by atoms with Gasteiger partial charge in [-0.2, -0.15) is 0 Å². The summed E-state index contributed by atoms with van der Waals surface area (Å²) in [6.07, 6.45) is 1.61. The number of hydrogen-bond acceptors (Lipinski definition) is 3. The first-order valence-electron chi connectivity index (χ1n) is 9.30. The van der Waals surface area contributed by atoms with Gasteiger partial charge in [-0.15, -0.1) is 0 Å². The SMILES string of the molecule is O=c1c2ncn(-c3ccccc3)c2nc(-c2ccc(Cl)c(Cl)c2)n1-c1ccc(Br)cc1. The van der Waals surface area contributed by atoms with Crippen LogP contribution in [0.2, 0.25) is 10.0 Å². The lowest BCUT2D eigenvalue weighted by Gasteiger charge is -2.14. The van der Waals surface area contributed by atoms with Gasteiger partial charge in [-0.3, -0.25) is 13.9 Å². The van der Waals surface area contributed by atoms with E-state index >= 15 is 0 Å². The fraction of sp³-hybridized carbons (Fsp3) is 0. The van der Waals surface area contributed by atoms with Crippen molar-refractivity contribution in [1.29, 1.82) is 0 Å². The fourth-order valence-electron chi connectivity index (χ4n) is 3.39. The Morgan fingerprint density at radius 3 is 2.29 bits per heavy atom. The Hall–Kier alpha value is -2.93. The molecule has 0 bridgehead atoms. The van der Waals surface area contributed by atoms with Crippen LogP contribution in [0, 0.1) is 0 Å². The van der Waals surface area contributed by atoms with E-state index in [1.807, 2.05) is 54.6 Å². The predicted molar refractivity (Wildman–Crippen MR) is 128 cm³/mol. The van der Waals surface area contributed by atoms with Gasteiger partial charge in [0, 0.05) is 15.7 Å². The fourth-order valence-corrected chi connectivity index (χ4v) is 3.95. The van der Waals surface area contributed by atoms with Crippen LogP contribution in [-0.2, 0) is 0 Å². The minimum atomic E-state index is -0.275. The first-order valence-corrected chi connectivity index (χ1v) is 10.8. The molecule has 8 heteroatoms. The molecule has 3 aromatic carbocycles. The molecule has 0 fully saturated rings. The van der Waals surface area contributed by atoms with Crippen LogP contribution in [0.3, 0.4) is 0 Å². The second kappa shape index (κ2) is 7.96. The van der Waals surface area contributed by atoms with E-state index in [0.29, 0.717) is 32.8 Å². The minimum absolute atomic E-state index is 0.274. The van der Waals surface area contributed by atoms with E-state index in [0.717, 1.165) is 10.2 Å². The number of aromatic nitrogens is 4. The van der Waals surface area contributed by atoms with Crippen LogP contribution in [0.1, 0.15) is 0 Å². The topological polar surface area (TPSA) is 52.7 Å². The smallest absolute Gasteiger partial charge is 0.283 e. The van der Waals surface area contributed by atoms with Gasteiger partial charge in [0.1, 0.15) is 12.2 Å². The van der Waals surface area contributed by atoms with E-state index in [9.17, 15) is 4.79 Å². The number of hydrogen-bond donors (Lipinski definition) is 0. The molecule has 0 saturated heterocycles. The third-order valence-electron chi connectivity index (χ3n) is 4.87. The predicted octanol–water partition coefficient (Wildman–Crippen LogP) is 6.31. The molecule has 2 aromatic heterocycles. The van der Waals surface area contributed by atoms with Crippen molar-refractivity contribution < 1.29 is 0 Å². The molecule has 0 aliphatic heterocycles. The van der Waals surface area contributed by atoms with Gasteiger partial charge in [-0.25, -0.2) is 9.97 Å². The highest BCUT2D eigenvalue weighted by molar-refractivity contribution is 9.10. The molecule has 0 unspecified atom stereocenters. The standard InChI is InChI=1S/C23H13BrCl2N4O/c24-15-7-9-17(10-8-15)30-21(14-6-11-18(25)19(26)12-14)28-22-20(23(30)31)27-13-29(22)16-4-2-1-3-5-16/h1-13H. The molecular formula is C23H13BrCl2N4O. The van der Waals surface area contributed by atoms with Gasteiger partial charge >= 0.3 is 0 Å². The Morgan fingerprint density at radius 2 is 1.58 bits per heavy atom. The van der Waals surface area contributed by atoms with Crippen molar-refractivity contribution in [2.75, 3.05) is 0 Å². The van der Waals surface area contributed by atoms with E-state index in [2.05, 4.69) is 20.9 Å². The van der Waals surface area contributed by atoms with Crippen LogP contribution < -0.4 is 5.56 Å². The van der Waals surface area contributed by atoms with Crippen molar-refractivity contribution in [3.05, 3.63) is 104 Å². The van der Waals surface area contributed by atoms with Crippen LogP contribution >= 0.6 is 39.1 Å². The summed E-state index contributed by atoms with van der Waals surface area (Å²) in [6, 6.07) is 22.2. The molecular weight excluding hydrogens is 499 g/mol. The zero-order valence-electron chi connectivity index (χ0n) is 15.8. The molecule has 5 aromatic rings. The Balaban J connectivity index is 1.86. The minimum Gasteiger partial charge on any atom is -0.283 e. The lowest BCUT2D eigenvalue weighted by molar-refractivity contribution is 0.961. The van der Waals surface area contributed by atoms with Gasteiger partial charge < -0.3 is 0 Å². The molecule has 5 rings (SSSR count). The average molecular weight is 512 g/mol. The van der Waals surface area contributed by atoms with Gasteiger partial charge in [0.05, 0.1) is 15.7 Å². The Kier molecular flexibility index (Phi) is 5.14. The first-order chi connectivity index (χ1) is 15.0. The Labute approximate surface area is 195 Å². The summed E-state index contributed by atoms with van der Waals surface area (Å²) in [6.45, 7) is 0.